The first-order valence-corrected chi connectivity index (χ1v) is 6.25. The van der Waals surface area contributed by atoms with Crippen LogP contribution in [0, 0.1) is 0 Å². The number of aliphatic hydroxyl groups excluding tert-OH is 1. The van der Waals surface area contributed by atoms with E-state index in [0.717, 1.165) is 0 Å². The summed E-state index contributed by atoms with van der Waals surface area (Å²) in [5.41, 5.74) is 0.467. The second kappa shape index (κ2) is 4.16. The number of halogens is 1. The molecule has 0 heterocycles. The molecule has 1 aromatic rings. The topological polar surface area (TPSA) is 74.6 Å². The van der Waals surface area contributed by atoms with Crippen LogP contribution in [0.15, 0.2) is 18.2 Å². The summed E-state index contributed by atoms with van der Waals surface area (Å²) in [6.45, 7) is -0.345. The Hall–Kier alpha value is -0.780. The van der Waals surface area contributed by atoms with Crippen LogP contribution in [0.3, 0.4) is 0 Å². The Morgan fingerprint density at radius 3 is 2.36 bits per heavy atom. The fraction of sp³-hybridized carbons (Fsp3) is 0.250. The number of phenols is 1. The zero-order valence-corrected chi connectivity index (χ0v) is 8.72. The third-order valence-corrected chi connectivity index (χ3v) is 2.68. The Kier molecular flexibility index (Phi) is 3.36. The summed E-state index contributed by atoms with van der Waals surface area (Å²) in [7, 11) is 1.34. The molecule has 0 unspecified atom stereocenters. The summed E-state index contributed by atoms with van der Waals surface area (Å²) in [5, 5.41) is 18.3. The van der Waals surface area contributed by atoms with Crippen molar-refractivity contribution < 1.29 is 18.6 Å². The molecule has 0 amide bonds. The molecular formula is C8H9ClO4S. The van der Waals surface area contributed by atoms with Crippen LogP contribution in [-0.4, -0.2) is 18.6 Å². The minimum Gasteiger partial charge on any atom is -0.507 e. The van der Waals surface area contributed by atoms with Crippen molar-refractivity contribution in [3.05, 3.63) is 29.3 Å². The number of aromatic hydroxyl groups is 1. The highest BCUT2D eigenvalue weighted by atomic mass is 35.7. The van der Waals surface area contributed by atoms with Crippen LogP contribution in [-0.2, 0) is 21.4 Å². The van der Waals surface area contributed by atoms with E-state index >= 15 is 0 Å². The number of para-hydroxylation sites is 1. The van der Waals surface area contributed by atoms with Gasteiger partial charge in [-0.15, -0.1) is 0 Å². The monoisotopic (exact) mass is 236 g/mol. The summed E-state index contributed by atoms with van der Waals surface area (Å²) >= 11 is 0. The molecule has 14 heavy (non-hydrogen) atoms. The van der Waals surface area contributed by atoms with Crippen molar-refractivity contribution >= 4 is 19.7 Å². The van der Waals surface area contributed by atoms with Crippen molar-refractivity contribution in [1.29, 1.82) is 0 Å². The highest BCUT2D eigenvalue weighted by Gasteiger charge is 2.12. The minimum atomic E-state index is -3.69. The molecule has 0 aromatic heterocycles. The van der Waals surface area contributed by atoms with Crippen molar-refractivity contribution in [1.82, 2.24) is 0 Å². The molecule has 0 aliphatic heterocycles. The van der Waals surface area contributed by atoms with Crippen LogP contribution in [0.5, 0.6) is 5.75 Å². The van der Waals surface area contributed by atoms with Crippen LogP contribution in [0.2, 0.25) is 0 Å². The highest BCUT2D eigenvalue weighted by Crippen LogP contribution is 2.25. The first kappa shape index (κ1) is 11.3. The van der Waals surface area contributed by atoms with E-state index in [2.05, 4.69) is 0 Å². The summed E-state index contributed by atoms with van der Waals surface area (Å²) in [5.74, 6) is -0.673. The van der Waals surface area contributed by atoms with Crippen LogP contribution in [0.25, 0.3) is 0 Å². The first-order valence-electron chi connectivity index (χ1n) is 3.77. The Balaban J connectivity index is 3.10. The van der Waals surface area contributed by atoms with Crippen molar-refractivity contribution in [2.24, 2.45) is 0 Å². The van der Waals surface area contributed by atoms with Gasteiger partial charge in [0.1, 0.15) is 5.75 Å². The smallest absolute Gasteiger partial charge is 0.236 e. The lowest BCUT2D eigenvalue weighted by molar-refractivity contribution is 0.275. The molecule has 1 aromatic carbocycles. The van der Waals surface area contributed by atoms with Gasteiger partial charge in [-0.05, 0) is 0 Å². The van der Waals surface area contributed by atoms with Gasteiger partial charge in [0, 0.05) is 21.8 Å². The van der Waals surface area contributed by atoms with Crippen LogP contribution < -0.4 is 0 Å². The van der Waals surface area contributed by atoms with E-state index in [1.54, 1.807) is 6.07 Å². The molecule has 0 spiro atoms. The van der Waals surface area contributed by atoms with Gasteiger partial charge in [0.25, 0.3) is 0 Å². The maximum atomic E-state index is 10.7. The van der Waals surface area contributed by atoms with Gasteiger partial charge < -0.3 is 10.2 Å². The second-order valence-electron chi connectivity index (χ2n) is 2.77. The van der Waals surface area contributed by atoms with Crippen molar-refractivity contribution in [3.8, 4) is 5.75 Å². The number of benzene rings is 1. The second-order valence-corrected chi connectivity index (χ2v) is 5.54. The molecule has 0 aliphatic carbocycles. The van der Waals surface area contributed by atoms with Gasteiger partial charge in [-0.3, -0.25) is 0 Å². The molecule has 0 aliphatic rings. The first-order chi connectivity index (χ1) is 6.44. The van der Waals surface area contributed by atoms with Gasteiger partial charge in [-0.2, -0.15) is 0 Å². The van der Waals surface area contributed by atoms with Crippen LogP contribution >= 0.6 is 10.7 Å². The lowest BCUT2D eigenvalue weighted by Gasteiger charge is -2.05. The molecule has 4 nitrogen and oxygen atoms in total. The van der Waals surface area contributed by atoms with Gasteiger partial charge in [-0.25, -0.2) is 8.42 Å². The van der Waals surface area contributed by atoms with Gasteiger partial charge >= 0.3 is 0 Å². The molecule has 78 valence electrons. The van der Waals surface area contributed by atoms with Gasteiger partial charge in [0.15, 0.2) is 0 Å². The van der Waals surface area contributed by atoms with Crippen molar-refractivity contribution in [2.45, 2.75) is 12.4 Å². The third-order valence-electron chi connectivity index (χ3n) is 1.70. The molecule has 2 N–H and O–H groups in total. The molecule has 0 fully saturated rings. The van der Waals surface area contributed by atoms with E-state index < -0.39 is 14.8 Å². The lowest BCUT2D eigenvalue weighted by Crippen LogP contribution is -1.97. The Bertz CT molecular complexity index is 427. The number of hydrogen-bond acceptors (Lipinski definition) is 4. The highest BCUT2D eigenvalue weighted by molar-refractivity contribution is 8.13. The average molecular weight is 237 g/mol. The van der Waals surface area contributed by atoms with Gasteiger partial charge in [0.05, 0.1) is 12.4 Å². The molecule has 1 rings (SSSR count). The molecular weight excluding hydrogens is 228 g/mol. The molecule has 0 saturated carbocycles. The largest absolute Gasteiger partial charge is 0.507 e. The number of aliphatic hydroxyl groups is 1. The molecule has 0 radical (unpaired) electrons. The standard InChI is InChI=1S/C8H9ClO4S/c9-14(12,13)5-7-3-1-2-6(4-10)8(7)11/h1-3,10-11H,4-5H2. The van der Waals surface area contributed by atoms with Crippen molar-refractivity contribution in [3.63, 3.8) is 0 Å². The predicted molar refractivity (Wildman–Crippen MR) is 52.5 cm³/mol. The van der Waals surface area contributed by atoms with E-state index in [9.17, 15) is 13.5 Å². The van der Waals surface area contributed by atoms with Crippen LogP contribution in [0.1, 0.15) is 11.1 Å². The number of hydrogen-bond donors (Lipinski definition) is 2. The summed E-state index contributed by atoms with van der Waals surface area (Å²) in [6, 6.07) is 4.48. The predicted octanol–water partition coefficient (Wildman–Crippen LogP) is 0.953. The quantitative estimate of drug-likeness (QED) is 0.767. The Morgan fingerprint density at radius 2 is 1.86 bits per heavy atom. The number of rotatable bonds is 3. The summed E-state index contributed by atoms with van der Waals surface area (Å²) in [6.07, 6.45) is 0. The zero-order valence-electron chi connectivity index (χ0n) is 7.14. The molecule has 0 saturated heterocycles. The zero-order chi connectivity index (χ0) is 10.8. The van der Waals surface area contributed by atoms with Crippen molar-refractivity contribution in [2.75, 3.05) is 0 Å². The third kappa shape index (κ3) is 2.87. The van der Waals surface area contributed by atoms with Gasteiger partial charge in [-0.1, -0.05) is 18.2 Å². The molecule has 0 bridgehead atoms. The summed E-state index contributed by atoms with van der Waals surface area (Å²) < 4.78 is 21.5. The van der Waals surface area contributed by atoms with E-state index in [0.29, 0.717) is 0 Å². The van der Waals surface area contributed by atoms with Gasteiger partial charge in [0.2, 0.25) is 9.05 Å². The SMILES string of the molecule is O=S(=O)(Cl)Cc1cccc(CO)c1O. The Morgan fingerprint density at radius 1 is 1.29 bits per heavy atom. The molecule has 6 heteroatoms. The Labute approximate surface area is 86.2 Å². The fourth-order valence-electron chi connectivity index (χ4n) is 1.07. The molecule has 0 atom stereocenters. The summed E-state index contributed by atoms with van der Waals surface area (Å²) in [4.78, 5) is 0. The minimum absolute atomic E-state index is 0.187. The van der Waals surface area contributed by atoms with E-state index in [-0.39, 0.29) is 23.5 Å². The van der Waals surface area contributed by atoms with E-state index in [4.69, 9.17) is 15.8 Å². The normalized spacial score (nSPS) is 11.6. The maximum absolute atomic E-state index is 10.7. The maximum Gasteiger partial charge on any atom is 0.236 e. The lowest BCUT2D eigenvalue weighted by atomic mass is 10.1. The average Bonchev–Trinajstić information content (AvgIpc) is 2.06. The van der Waals surface area contributed by atoms with E-state index in [1.165, 1.54) is 12.1 Å². The fourth-order valence-corrected chi connectivity index (χ4v) is 2.03. The van der Waals surface area contributed by atoms with E-state index in [1.807, 2.05) is 0 Å². The van der Waals surface area contributed by atoms with Crippen LogP contribution in [0.4, 0.5) is 0 Å².